The zero-order valence-electron chi connectivity index (χ0n) is 15.4. The fourth-order valence-corrected chi connectivity index (χ4v) is 3.37. The normalized spacial score (nSPS) is 22.9. The average Bonchev–Trinajstić information content (AvgIpc) is 2.62. The number of ether oxygens (including phenoxy) is 2. The maximum absolute atomic E-state index is 12.9. The van der Waals surface area contributed by atoms with Gasteiger partial charge in [0.2, 0.25) is 0 Å². The van der Waals surface area contributed by atoms with Crippen molar-refractivity contribution in [3.63, 3.8) is 0 Å². The number of unbranched alkanes of at least 4 members (excludes halogenated alkanes) is 1. The first-order chi connectivity index (χ1) is 12.0. The first-order valence-corrected chi connectivity index (χ1v) is 9.08. The monoisotopic (exact) mass is 344 g/mol. The lowest BCUT2D eigenvalue weighted by Crippen LogP contribution is -2.48. The summed E-state index contributed by atoms with van der Waals surface area (Å²) in [5.74, 6) is 0.928. The maximum Gasteiger partial charge on any atom is 0.256 e. The number of rotatable bonds is 7. The van der Waals surface area contributed by atoms with Gasteiger partial charge in [-0.05, 0) is 49.8 Å². The third-order valence-electron chi connectivity index (χ3n) is 4.89. The summed E-state index contributed by atoms with van der Waals surface area (Å²) >= 11 is 0. The number of nitriles is 1. The van der Waals surface area contributed by atoms with E-state index in [4.69, 9.17) is 9.47 Å². The van der Waals surface area contributed by atoms with E-state index >= 15 is 0 Å². The molecule has 0 saturated heterocycles. The minimum Gasteiger partial charge on any atom is -0.494 e. The summed E-state index contributed by atoms with van der Waals surface area (Å²) in [6, 6.07) is 7.33. The molecule has 25 heavy (non-hydrogen) atoms. The smallest absolute Gasteiger partial charge is 0.256 e. The molecule has 0 spiro atoms. The second-order valence-electron chi connectivity index (χ2n) is 6.88. The van der Waals surface area contributed by atoms with Crippen molar-refractivity contribution in [1.82, 2.24) is 0 Å². The lowest BCUT2D eigenvalue weighted by molar-refractivity contribution is -0.143. The molecule has 1 aliphatic carbocycles. The number of hydrogen-bond donors (Lipinski definition) is 1. The summed E-state index contributed by atoms with van der Waals surface area (Å²) in [5.41, 5.74) is 0.100. The van der Waals surface area contributed by atoms with Crippen LogP contribution in [0, 0.1) is 17.2 Å². The average molecular weight is 344 g/mol. The molecule has 2 rings (SSSR count). The molecular formula is C20H28N2O3. The number of nitrogens with zero attached hydrogens (tertiary/aromatic N) is 1. The van der Waals surface area contributed by atoms with Gasteiger partial charge in [-0.3, -0.25) is 4.79 Å². The van der Waals surface area contributed by atoms with Crippen molar-refractivity contribution in [3.8, 4) is 11.8 Å². The van der Waals surface area contributed by atoms with E-state index in [9.17, 15) is 10.1 Å². The molecule has 1 fully saturated rings. The third kappa shape index (κ3) is 4.73. The minimum absolute atomic E-state index is 0.169. The van der Waals surface area contributed by atoms with Gasteiger partial charge in [0.25, 0.3) is 5.91 Å². The zero-order valence-corrected chi connectivity index (χ0v) is 15.4. The summed E-state index contributed by atoms with van der Waals surface area (Å²) in [4.78, 5) is 12.9. The lowest BCUT2D eigenvalue weighted by Gasteiger charge is -2.37. The number of methoxy groups -OCH3 is 1. The second kappa shape index (κ2) is 8.87. The largest absolute Gasteiger partial charge is 0.494 e. The Kier molecular flexibility index (Phi) is 6.83. The van der Waals surface area contributed by atoms with Crippen molar-refractivity contribution < 1.29 is 14.3 Å². The highest BCUT2D eigenvalue weighted by molar-refractivity contribution is 5.98. The van der Waals surface area contributed by atoms with E-state index in [0.717, 1.165) is 25.7 Å². The van der Waals surface area contributed by atoms with Gasteiger partial charge in [-0.15, -0.1) is 0 Å². The van der Waals surface area contributed by atoms with Crippen LogP contribution < -0.4 is 10.1 Å². The third-order valence-corrected chi connectivity index (χ3v) is 4.89. The first kappa shape index (κ1) is 19.3. The van der Waals surface area contributed by atoms with E-state index in [0.29, 0.717) is 42.4 Å². The number of carbonyl (C=O) groups excluding carboxylic acids is 1. The van der Waals surface area contributed by atoms with E-state index < -0.39 is 5.60 Å². The SMILES string of the molecule is CCCCOc1ccc(NC(=O)C2(OC)CCCC(C)C2)c(C#N)c1. The Bertz CT molecular complexity index is 638. The number of hydrogen-bond acceptors (Lipinski definition) is 4. The predicted octanol–water partition coefficient (Wildman–Crippen LogP) is 4.27. The predicted molar refractivity (Wildman–Crippen MR) is 97.6 cm³/mol. The Morgan fingerprint density at radius 3 is 2.92 bits per heavy atom. The van der Waals surface area contributed by atoms with E-state index in [2.05, 4.69) is 25.2 Å². The molecule has 5 heteroatoms. The van der Waals surface area contributed by atoms with Gasteiger partial charge in [-0.25, -0.2) is 0 Å². The highest BCUT2D eigenvalue weighted by Crippen LogP contribution is 2.36. The molecule has 2 unspecified atom stereocenters. The summed E-state index contributed by atoms with van der Waals surface area (Å²) in [7, 11) is 1.59. The van der Waals surface area contributed by atoms with Crippen LogP contribution in [0.2, 0.25) is 0 Å². The van der Waals surface area contributed by atoms with Crippen LogP contribution in [-0.2, 0) is 9.53 Å². The van der Waals surface area contributed by atoms with Crippen LogP contribution in [0.5, 0.6) is 5.75 Å². The molecule has 136 valence electrons. The molecule has 0 bridgehead atoms. The van der Waals surface area contributed by atoms with Gasteiger partial charge < -0.3 is 14.8 Å². The summed E-state index contributed by atoms with van der Waals surface area (Å²) in [5, 5.41) is 12.3. The van der Waals surface area contributed by atoms with Gasteiger partial charge in [-0.1, -0.05) is 26.7 Å². The van der Waals surface area contributed by atoms with Crippen LogP contribution in [0.3, 0.4) is 0 Å². The van der Waals surface area contributed by atoms with Crippen molar-refractivity contribution >= 4 is 11.6 Å². The van der Waals surface area contributed by atoms with Gasteiger partial charge >= 0.3 is 0 Å². The molecule has 1 aromatic rings. The van der Waals surface area contributed by atoms with Crippen molar-refractivity contribution in [2.24, 2.45) is 5.92 Å². The fourth-order valence-electron chi connectivity index (χ4n) is 3.37. The first-order valence-electron chi connectivity index (χ1n) is 9.08. The van der Waals surface area contributed by atoms with Crippen LogP contribution in [-0.4, -0.2) is 25.2 Å². The molecule has 2 atom stereocenters. The number of anilines is 1. The number of benzene rings is 1. The van der Waals surface area contributed by atoms with Crippen LogP contribution in [0.15, 0.2) is 18.2 Å². The van der Waals surface area contributed by atoms with E-state index in [1.165, 1.54) is 0 Å². The van der Waals surface area contributed by atoms with E-state index in [1.807, 2.05) is 0 Å². The highest BCUT2D eigenvalue weighted by Gasteiger charge is 2.42. The molecule has 0 heterocycles. The molecule has 0 aromatic heterocycles. The second-order valence-corrected chi connectivity index (χ2v) is 6.88. The number of carbonyl (C=O) groups is 1. The molecule has 0 aliphatic heterocycles. The van der Waals surface area contributed by atoms with Crippen LogP contribution in [0.4, 0.5) is 5.69 Å². The van der Waals surface area contributed by atoms with Crippen LogP contribution in [0.1, 0.15) is 57.9 Å². The van der Waals surface area contributed by atoms with Gasteiger partial charge in [0, 0.05) is 7.11 Å². The molecule has 1 aliphatic rings. The number of nitrogens with one attached hydrogen (secondary N) is 1. The van der Waals surface area contributed by atoms with Crippen molar-refractivity contribution in [1.29, 1.82) is 5.26 Å². The zero-order chi connectivity index (χ0) is 18.3. The molecule has 1 N–H and O–H groups in total. The van der Waals surface area contributed by atoms with Gasteiger partial charge in [-0.2, -0.15) is 5.26 Å². The van der Waals surface area contributed by atoms with Gasteiger partial charge in [0.15, 0.2) is 0 Å². The Balaban J connectivity index is 2.13. The standard InChI is InChI=1S/C20H28N2O3/c1-4-5-11-25-17-8-9-18(16(12-17)14-21)22-19(23)20(24-3)10-6-7-15(2)13-20/h8-9,12,15H,4-7,10-11,13H2,1-3H3,(H,22,23). The van der Waals surface area contributed by atoms with Crippen molar-refractivity contribution in [2.45, 2.75) is 58.0 Å². The Labute approximate surface area is 150 Å². The van der Waals surface area contributed by atoms with Crippen LogP contribution in [0.25, 0.3) is 0 Å². The highest BCUT2D eigenvalue weighted by atomic mass is 16.5. The molecule has 1 aromatic carbocycles. The maximum atomic E-state index is 12.9. The summed E-state index contributed by atoms with van der Waals surface area (Å²) < 4.78 is 11.3. The summed E-state index contributed by atoms with van der Waals surface area (Å²) in [6.07, 6.45) is 5.52. The van der Waals surface area contributed by atoms with Crippen LogP contribution >= 0.6 is 0 Å². The Morgan fingerprint density at radius 1 is 1.48 bits per heavy atom. The van der Waals surface area contributed by atoms with E-state index in [1.54, 1.807) is 25.3 Å². The van der Waals surface area contributed by atoms with Crippen molar-refractivity contribution in [2.75, 3.05) is 19.0 Å². The number of amides is 1. The molecule has 1 amide bonds. The molecular weight excluding hydrogens is 316 g/mol. The fraction of sp³-hybridized carbons (Fsp3) is 0.600. The lowest BCUT2D eigenvalue weighted by atomic mass is 9.78. The molecule has 0 radical (unpaired) electrons. The minimum atomic E-state index is -0.805. The van der Waals surface area contributed by atoms with Gasteiger partial charge in [0.05, 0.1) is 17.9 Å². The molecule has 5 nitrogen and oxygen atoms in total. The van der Waals surface area contributed by atoms with Crippen molar-refractivity contribution in [3.05, 3.63) is 23.8 Å². The quantitative estimate of drug-likeness (QED) is 0.750. The topological polar surface area (TPSA) is 71.3 Å². The molecule has 1 saturated carbocycles. The Hall–Kier alpha value is -2.06. The van der Waals surface area contributed by atoms with Gasteiger partial charge in [0.1, 0.15) is 17.4 Å². The van der Waals surface area contributed by atoms with E-state index in [-0.39, 0.29) is 5.91 Å². The summed E-state index contributed by atoms with van der Waals surface area (Å²) in [6.45, 7) is 4.86. The Morgan fingerprint density at radius 2 is 2.28 bits per heavy atom.